The number of hydrogen-bond donors (Lipinski definition) is 1. The molecular formula is C18H25N3O. The molecule has 1 fully saturated rings. The van der Waals surface area contributed by atoms with Crippen molar-refractivity contribution in [1.82, 2.24) is 15.2 Å². The predicted octanol–water partition coefficient (Wildman–Crippen LogP) is 2.65. The van der Waals surface area contributed by atoms with Gasteiger partial charge in [-0.2, -0.15) is 0 Å². The normalized spacial score (nSPS) is 23.7. The smallest absolute Gasteiger partial charge is 0.270 e. The number of rotatable bonds is 4. The number of nitrogens with one attached hydrogen (secondary N) is 1. The van der Waals surface area contributed by atoms with Crippen molar-refractivity contribution in [3.63, 3.8) is 0 Å². The van der Waals surface area contributed by atoms with Gasteiger partial charge in [-0.3, -0.25) is 9.78 Å². The van der Waals surface area contributed by atoms with Crippen molar-refractivity contribution in [3.8, 4) is 0 Å². The quantitative estimate of drug-likeness (QED) is 0.869. The number of pyridine rings is 1. The number of hydrogen-bond acceptors (Lipinski definition) is 3. The number of likely N-dealkylation sites (N-methyl/N-ethyl adjacent to an activating group) is 1. The summed E-state index contributed by atoms with van der Waals surface area (Å²) in [4.78, 5) is 18.7. The van der Waals surface area contributed by atoms with Gasteiger partial charge in [0.2, 0.25) is 0 Å². The van der Waals surface area contributed by atoms with Gasteiger partial charge in [-0.25, -0.2) is 0 Å². The van der Waals surface area contributed by atoms with E-state index in [-0.39, 0.29) is 11.9 Å². The average Bonchev–Trinajstić information content (AvgIpc) is 2.52. The number of piperidine rings is 1. The fourth-order valence-electron chi connectivity index (χ4n) is 3.08. The summed E-state index contributed by atoms with van der Waals surface area (Å²) >= 11 is 0. The zero-order valence-electron chi connectivity index (χ0n) is 13.6. The summed E-state index contributed by atoms with van der Waals surface area (Å²) in [6.45, 7) is 6.02. The number of allylic oxidation sites excluding steroid dienone is 3. The molecule has 4 nitrogen and oxygen atoms in total. The molecule has 2 heterocycles. The van der Waals surface area contributed by atoms with Gasteiger partial charge < -0.3 is 10.2 Å². The fourth-order valence-corrected chi connectivity index (χ4v) is 3.08. The zero-order chi connectivity index (χ0) is 15.9. The fraction of sp³-hybridized carbons (Fsp3) is 0.444. The minimum atomic E-state index is -0.0901. The Morgan fingerprint density at radius 3 is 2.82 bits per heavy atom. The maximum atomic E-state index is 12.3. The third-order valence-electron chi connectivity index (χ3n) is 4.03. The molecule has 0 aromatic carbocycles. The molecule has 0 bridgehead atoms. The Hall–Kier alpha value is -1.94. The molecule has 1 aliphatic rings. The lowest BCUT2D eigenvalue weighted by molar-refractivity contribution is 0.0894. The Morgan fingerprint density at radius 2 is 2.18 bits per heavy atom. The van der Waals surface area contributed by atoms with Gasteiger partial charge in [-0.05, 0) is 50.9 Å². The molecule has 0 spiro atoms. The van der Waals surface area contributed by atoms with Crippen LogP contribution in [0.4, 0.5) is 0 Å². The van der Waals surface area contributed by atoms with E-state index in [4.69, 9.17) is 0 Å². The number of amides is 1. The van der Waals surface area contributed by atoms with Gasteiger partial charge >= 0.3 is 0 Å². The molecule has 1 N–H and O–H groups in total. The summed E-state index contributed by atoms with van der Waals surface area (Å²) in [6, 6.07) is 5.55. The Morgan fingerprint density at radius 1 is 1.36 bits per heavy atom. The summed E-state index contributed by atoms with van der Waals surface area (Å²) in [5, 5.41) is 3.12. The van der Waals surface area contributed by atoms with Gasteiger partial charge in [0.1, 0.15) is 5.69 Å². The molecule has 2 atom stereocenters. The Bertz CT molecular complexity index is 551. The van der Waals surface area contributed by atoms with Gasteiger partial charge in [0.05, 0.1) is 0 Å². The maximum absolute atomic E-state index is 12.3. The third-order valence-corrected chi connectivity index (χ3v) is 4.03. The Kier molecular flexibility index (Phi) is 5.90. The van der Waals surface area contributed by atoms with Gasteiger partial charge in [0.15, 0.2) is 0 Å². The second kappa shape index (κ2) is 7.90. The largest absolute Gasteiger partial charge is 0.347 e. The highest BCUT2D eigenvalue weighted by molar-refractivity contribution is 5.92. The molecule has 1 aromatic rings. The lowest BCUT2D eigenvalue weighted by Gasteiger charge is -2.36. The van der Waals surface area contributed by atoms with Crippen molar-refractivity contribution in [2.24, 2.45) is 5.92 Å². The van der Waals surface area contributed by atoms with Crippen LogP contribution in [0.15, 0.2) is 48.2 Å². The van der Waals surface area contributed by atoms with E-state index in [1.165, 1.54) is 5.57 Å². The summed E-state index contributed by atoms with van der Waals surface area (Å²) in [7, 11) is 2.11. The molecule has 118 valence electrons. The first-order valence-corrected chi connectivity index (χ1v) is 7.83. The summed E-state index contributed by atoms with van der Waals surface area (Å²) in [5.41, 5.74) is 1.82. The first kappa shape index (κ1) is 16.4. The molecule has 0 aliphatic carbocycles. The second-order valence-corrected chi connectivity index (χ2v) is 5.83. The van der Waals surface area contributed by atoms with Crippen LogP contribution in [0, 0.1) is 5.92 Å². The highest BCUT2D eigenvalue weighted by atomic mass is 16.1. The molecule has 1 aliphatic heterocycles. The average molecular weight is 299 g/mol. The number of likely N-dealkylation sites (tertiary alicyclic amines) is 1. The van der Waals surface area contributed by atoms with Crippen molar-refractivity contribution in [2.75, 3.05) is 20.1 Å². The number of carbonyl (C=O) groups is 1. The van der Waals surface area contributed by atoms with Gasteiger partial charge in [-0.15, -0.1) is 0 Å². The van der Waals surface area contributed by atoms with Gasteiger partial charge in [-0.1, -0.05) is 24.3 Å². The standard InChI is InChI=1S/C18H25N3O/c1-4-8-14(5-2)15-11-16(13-21(3)12-15)20-18(22)17-9-6-7-10-19-17/h4-10,15-16H,11-13H2,1-3H3,(H,20,22)/b8-4-,14-5+. The van der Waals surface area contributed by atoms with Crippen LogP contribution in [0.5, 0.6) is 0 Å². The summed E-state index contributed by atoms with van der Waals surface area (Å²) < 4.78 is 0. The number of aromatic nitrogens is 1. The van der Waals surface area contributed by atoms with E-state index in [0.29, 0.717) is 11.6 Å². The van der Waals surface area contributed by atoms with Crippen molar-refractivity contribution in [2.45, 2.75) is 26.3 Å². The lowest BCUT2D eigenvalue weighted by atomic mass is 9.87. The van der Waals surface area contributed by atoms with Crippen LogP contribution in [-0.4, -0.2) is 42.0 Å². The van der Waals surface area contributed by atoms with Gasteiger partial charge in [0.25, 0.3) is 5.91 Å². The molecule has 2 unspecified atom stereocenters. The molecule has 1 amide bonds. The van der Waals surface area contributed by atoms with E-state index < -0.39 is 0 Å². The Balaban J connectivity index is 2.03. The van der Waals surface area contributed by atoms with Crippen LogP contribution < -0.4 is 5.32 Å². The molecule has 2 rings (SSSR count). The lowest BCUT2D eigenvalue weighted by Crippen LogP contribution is -2.49. The van der Waals surface area contributed by atoms with Crippen LogP contribution in [0.1, 0.15) is 30.8 Å². The van der Waals surface area contributed by atoms with E-state index in [2.05, 4.69) is 47.4 Å². The van der Waals surface area contributed by atoms with Crippen LogP contribution in [0.25, 0.3) is 0 Å². The highest BCUT2D eigenvalue weighted by Crippen LogP contribution is 2.24. The van der Waals surface area contributed by atoms with Crippen LogP contribution in [0.2, 0.25) is 0 Å². The summed E-state index contributed by atoms with van der Waals surface area (Å²) in [6.07, 6.45) is 9.02. The van der Waals surface area contributed by atoms with Crippen molar-refractivity contribution < 1.29 is 4.79 Å². The maximum Gasteiger partial charge on any atom is 0.270 e. The van der Waals surface area contributed by atoms with Crippen molar-refractivity contribution >= 4 is 5.91 Å². The monoisotopic (exact) mass is 299 g/mol. The van der Waals surface area contributed by atoms with E-state index in [1.807, 2.05) is 19.1 Å². The topological polar surface area (TPSA) is 45.2 Å². The minimum absolute atomic E-state index is 0.0901. The first-order valence-electron chi connectivity index (χ1n) is 7.83. The minimum Gasteiger partial charge on any atom is -0.347 e. The van der Waals surface area contributed by atoms with E-state index in [9.17, 15) is 4.79 Å². The summed E-state index contributed by atoms with van der Waals surface area (Å²) in [5.74, 6) is 0.363. The van der Waals surface area contributed by atoms with Crippen LogP contribution in [-0.2, 0) is 0 Å². The molecule has 22 heavy (non-hydrogen) atoms. The predicted molar refractivity (Wildman–Crippen MR) is 89.7 cm³/mol. The van der Waals surface area contributed by atoms with E-state index in [0.717, 1.165) is 19.5 Å². The SMILES string of the molecule is C/C=C\C(=C/C)C1CC(NC(=O)c2ccccn2)CN(C)C1. The number of carbonyl (C=O) groups excluding carboxylic acids is 1. The Labute approximate surface area is 132 Å². The molecule has 0 radical (unpaired) electrons. The second-order valence-electron chi connectivity index (χ2n) is 5.83. The zero-order valence-corrected chi connectivity index (χ0v) is 13.6. The van der Waals surface area contributed by atoms with Crippen molar-refractivity contribution in [1.29, 1.82) is 0 Å². The molecule has 1 saturated heterocycles. The molecule has 1 aromatic heterocycles. The first-order chi connectivity index (χ1) is 10.6. The molecular weight excluding hydrogens is 274 g/mol. The van der Waals surface area contributed by atoms with E-state index >= 15 is 0 Å². The number of nitrogens with zero attached hydrogens (tertiary/aromatic N) is 2. The van der Waals surface area contributed by atoms with E-state index in [1.54, 1.807) is 12.3 Å². The molecule has 0 saturated carbocycles. The third kappa shape index (κ3) is 4.28. The van der Waals surface area contributed by atoms with Crippen LogP contribution in [0.3, 0.4) is 0 Å². The van der Waals surface area contributed by atoms with Crippen molar-refractivity contribution in [3.05, 3.63) is 53.9 Å². The van der Waals surface area contributed by atoms with Gasteiger partial charge in [0, 0.05) is 25.3 Å². The molecule has 4 heteroatoms. The van der Waals surface area contributed by atoms with Crippen LogP contribution >= 0.6 is 0 Å². The highest BCUT2D eigenvalue weighted by Gasteiger charge is 2.28.